The molecule has 1 aliphatic heterocycles. The number of nitrogens with zero attached hydrogens (tertiary/aromatic N) is 4. The van der Waals surface area contributed by atoms with Crippen molar-refractivity contribution in [2.45, 2.75) is 26.3 Å². The van der Waals surface area contributed by atoms with Crippen molar-refractivity contribution in [3.05, 3.63) is 75.5 Å². The van der Waals surface area contributed by atoms with Gasteiger partial charge in [0, 0.05) is 24.0 Å². The second-order valence-electron chi connectivity index (χ2n) is 6.51. The van der Waals surface area contributed by atoms with Gasteiger partial charge in [-0.3, -0.25) is 14.7 Å². The Morgan fingerprint density at radius 2 is 1.81 bits per heavy atom. The average molecular weight is 349 g/mol. The van der Waals surface area contributed by atoms with Crippen LogP contribution < -0.4 is 5.56 Å². The number of carbonyl (C=O) groups is 1. The SMILES string of the molecule is Cc1cc(C)nc(-n2[nH]c(C(=O)N3CCC3c3ccccc3)cc2=O)n1. The molecular weight excluding hydrogens is 330 g/mol. The van der Waals surface area contributed by atoms with Crippen molar-refractivity contribution in [2.75, 3.05) is 6.54 Å². The standard InChI is InChI=1S/C19H19N5O2/c1-12-10-13(2)21-19(20-12)24-17(25)11-15(22-24)18(26)23-9-8-16(23)14-6-4-3-5-7-14/h3-7,10-11,16,22H,8-9H2,1-2H3. The molecule has 132 valence electrons. The number of carbonyl (C=O) groups excluding carboxylic acids is 1. The van der Waals surface area contributed by atoms with Crippen LogP contribution in [0.4, 0.5) is 0 Å². The van der Waals surface area contributed by atoms with Crippen LogP contribution in [0.2, 0.25) is 0 Å². The number of nitrogens with one attached hydrogen (secondary N) is 1. The van der Waals surface area contributed by atoms with Crippen LogP contribution in [0.25, 0.3) is 5.95 Å². The topological polar surface area (TPSA) is 83.9 Å². The van der Waals surface area contributed by atoms with Crippen LogP contribution in [0.5, 0.6) is 0 Å². The second kappa shape index (κ2) is 6.25. The molecule has 3 heterocycles. The van der Waals surface area contributed by atoms with Gasteiger partial charge in [-0.1, -0.05) is 30.3 Å². The third-order valence-corrected chi connectivity index (χ3v) is 4.59. The molecule has 0 saturated carbocycles. The first-order valence-corrected chi connectivity index (χ1v) is 8.53. The monoisotopic (exact) mass is 349 g/mol. The Kier molecular flexibility index (Phi) is 3.91. The lowest BCUT2D eigenvalue weighted by molar-refractivity contribution is 0.0453. The Hall–Kier alpha value is -3.22. The number of H-pyrrole nitrogens is 1. The van der Waals surface area contributed by atoms with E-state index in [1.165, 1.54) is 10.7 Å². The van der Waals surface area contributed by atoms with Gasteiger partial charge in [-0.25, -0.2) is 9.97 Å². The van der Waals surface area contributed by atoms with Crippen molar-refractivity contribution in [1.82, 2.24) is 24.6 Å². The van der Waals surface area contributed by atoms with Crippen LogP contribution in [0.15, 0.2) is 47.3 Å². The third kappa shape index (κ3) is 2.81. The highest BCUT2D eigenvalue weighted by Gasteiger charge is 2.34. The number of hydrogen-bond donors (Lipinski definition) is 1. The van der Waals surface area contributed by atoms with E-state index in [-0.39, 0.29) is 29.2 Å². The van der Waals surface area contributed by atoms with E-state index in [0.29, 0.717) is 6.54 Å². The summed E-state index contributed by atoms with van der Waals surface area (Å²) in [6.45, 7) is 4.34. The summed E-state index contributed by atoms with van der Waals surface area (Å²) in [7, 11) is 0. The number of aromatic nitrogens is 4. The average Bonchev–Trinajstić information content (AvgIpc) is 2.96. The zero-order valence-electron chi connectivity index (χ0n) is 14.6. The van der Waals surface area contributed by atoms with Gasteiger partial charge in [0.15, 0.2) is 0 Å². The molecule has 1 N–H and O–H groups in total. The number of aryl methyl sites for hydroxylation is 2. The molecule has 1 atom stereocenters. The van der Waals surface area contributed by atoms with E-state index in [0.717, 1.165) is 23.4 Å². The van der Waals surface area contributed by atoms with E-state index in [2.05, 4.69) is 15.1 Å². The Morgan fingerprint density at radius 3 is 2.42 bits per heavy atom. The normalized spacial score (nSPS) is 16.4. The smallest absolute Gasteiger partial charge is 0.274 e. The first-order valence-electron chi connectivity index (χ1n) is 8.53. The molecule has 1 saturated heterocycles. The largest absolute Gasteiger partial charge is 0.330 e. The van der Waals surface area contributed by atoms with Crippen molar-refractivity contribution < 1.29 is 4.79 Å². The molecule has 0 spiro atoms. The predicted octanol–water partition coefficient (Wildman–Crippen LogP) is 2.16. The molecule has 1 aromatic carbocycles. The Morgan fingerprint density at radius 1 is 1.12 bits per heavy atom. The molecule has 0 aliphatic carbocycles. The predicted molar refractivity (Wildman–Crippen MR) is 96.3 cm³/mol. The molecule has 1 unspecified atom stereocenters. The van der Waals surface area contributed by atoms with E-state index in [9.17, 15) is 9.59 Å². The van der Waals surface area contributed by atoms with Gasteiger partial charge in [-0.05, 0) is 31.9 Å². The highest BCUT2D eigenvalue weighted by Crippen LogP contribution is 2.33. The maximum Gasteiger partial charge on any atom is 0.274 e. The fourth-order valence-corrected chi connectivity index (χ4v) is 3.27. The molecule has 26 heavy (non-hydrogen) atoms. The zero-order chi connectivity index (χ0) is 18.3. The maximum atomic E-state index is 12.8. The van der Waals surface area contributed by atoms with Gasteiger partial charge >= 0.3 is 0 Å². The molecule has 2 aromatic heterocycles. The maximum absolute atomic E-state index is 12.8. The van der Waals surface area contributed by atoms with Gasteiger partial charge in [0.05, 0.1) is 6.04 Å². The van der Waals surface area contributed by atoms with Crippen LogP contribution in [0, 0.1) is 13.8 Å². The summed E-state index contributed by atoms with van der Waals surface area (Å²) >= 11 is 0. The number of benzene rings is 1. The van der Waals surface area contributed by atoms with E-state index < -0.39 is 0 Å². The molecule has 7 nitrogen and oxygen atoms in total. The molecule has 1 aliphatic rings. The molecule has 4 rings (SSSR count). The molecular formula is C19H19N5O2. The van der Waals surface area contributed by atoms with Crippen LogP contribution in [-0.4, -0.2) is 37.1 Å². The van der Waals surface area contributed by atoms with Crippen molar-refractivity contribution >= 4 is 5.91 Å². The van der Waals surface area contributed by atoms with Gasteiger partial charge in [0.25, 0.3) is 17.4 Å². The number of aromatic amines is 1. The molecule has 0 bridgehead atoms. The lowest BCUT2D eigenvalue weighted by Gasteiger charge is -2.41. The first-order chi connectivity index (χ1) is 12.5. The molecule has 1 fully saturated rings. The minimum Gasteiger partial charge on any atom is -0.330 e. The lowest BCUT2D eigenvalue weighted by Crippen LogP contribution is -2.45. The highest BCUT2D eigenvalue weighted by atomic mass is 16.2. The van der Waals surface area contributed by atoms with E-state index in [4.69, 9.17) is 0 Å². The van der Waals surface area contributed by atoms with Crippen LogP contribution in [0.1, 0.15) is 39.9 Å². The summed E-state index contributed by atoms with van der Waals surface area (Å²) < 4.78 is 1.21. The second-order valence-corrected chi connectivity index (χ2v) is 6.51. The minimum absolute atomic E-state index is 0.0491. The molecule has 0 radical (unpaired) electrons. The number of amides is 1. The number of rotatable bonds is 3. The summed E-state index contributed by atoms with van der Waals surface area (Å²) in [6.07, 6.45) is 0.918. The van der Waals surface area contributed by atoms with Crippen molar-refractivity contribution in [2.24, 2.45) is 0 Å². The van der Waals surface area contributed by atoms with Crippen LogP contribution in [-0.2, 0) is 0 Å². The zero-order valence-corrected chi connectivity index (χ0v) is 14.6. The van der Waals surface area contributed by atoms with Gasteiger partial charge in [-0.2, -0.15) is 4.68 Å². The fraction of sp³-hybridized carbons (Fsp3) is 0.263. The van der Waals surface area contributed by atoms with Crippen LogP contribution in [0.3, 0.4) is 0 Å². The molecule has 7 heteroatoms. The quantitative estimate of drug-likeness (QED) is 0.785. The summed E-state index contributed by atoms with van der Waals surface area (Å²) in [5, 5.41) is 2.86. The minimum atomic E-state index is -0.352. The Labute approximate surface area is 150 Å². The summed E-state index contributed by atoms with van der Waals surface area (Å²) in [6, 6.07) is 13.1. The van der Waals surface area contributed by atoms with E-state index >= 15 is 0 Å². The molecule has 1 amide bonds. The highest BCUT2D eigenvalue weighted by molar-refractivity contribution is 5.93. The van der Waals surface area contributed by atoms with Crippen molar-refractivity contribution in [3.8, 4) is 5.95 Å². The number of hydrogen-bond acceptors (Lipinski definition) is 4. The lowest BCUT2D eigenvalue weighted by atomic mass is 9.94. The molecule has 3 aromatic rings. The fourth-order valence-electron chi connectivity index (χ4n) is 3.27. The van der Waals surface area contributed by atoms with E-state index in [1.54, 1.807) is 4.90 Å². The van der Waals surface area contributed by atoms with Crippen molar-refractivity contribution in [1.29, 1.82) is 0 Å². The van der Waals surface area contributed by atoms with Crippen molar-refractivity contribution in [3.63, 3.8) is 0 Å². The summed E-state index contributed by atoms with van der Waals surface area (Å²) in [5.74, 6) is 0.0556. The van der Waals surface area contributed by atoms with Gasteiger partial charge in [0.1, 0.15) is 5.69 Å². The Bertz CT molecular complexity index is 1000. The van der Waals surface area contributed by atoms with Crippen LogP contribution >= 0.6 is 0 Å². The Balaban J connectivity index is 1.63. The first kappa shape index (κ1) is 16.3. The summed E-state index contributed by atoms with van der Waals surface area (Å²) in [5.41, 5.74) is 2.52. The van der Waals surface area contributed by atoms with Gasteiger partial charge < -0.3 is 4.90 Å². The third-order valence-electron chi connectivity index (χ3n) is 4.59. The number of likely N-dealkylation sites (tertiary alicyclic amines) is 1. The van der Waals surface area contributed by atoms with Gasteiger partial charge in [-0.15, -0.1) is 0 Å². The summed E-state index contributed by atoms with van der Waals surface area (Å²) in [4.78, 5) is 35.5. The van der Waals surface area contributed by atoms with E-state index in [1.807, 2.05) is 50.2 Å². The van der Waals surface area contributed by atoms with Gasteiger partial charge in [0.2, 0.25) is 0 Å².